The number of rotatable bonds is 2. The van der Waals surface area contributed by atoms with Crippen LogP contribution < -0.4 is 4.90 Å². The largest absolute Gasteiger partial charge is 0.464 e. The smallest absolute Gasteiger partial charge is 0.410 e. The Labute approximate surface area is 145 Å². The van der Waals surface area contributed by atoms with Crippen LogP contribution in [0.4, 0.5) is 10.6 Å². The molecule has 2 rings (SSSR count). The van der Waals surface area contributed by atoms with Crippen molar-refractivity contribution in [2.45, 2.75) is 26.4 Å². The van der Waals surface area contributed by atoms with Crippen LogP contribution in [0.15, 0.2) is 6.07 Å². The Morgan fingerprint density at radius 2 is 1.79 bits per heavy atom. The monoisotopic (exact) mass is 356 g/mol. The lowest BCUT2D eigenvalue weighted by atomic mass is 10.2. The standard InChI is InChI=1S/C15H21ClN4O4/c1-15(2,3)24-14(22)20-7-5-19(6-8-20)11-9-10(12(21)23-4)17-13(16)18-11/h9H,5-8H2,1-4H3. The van der Waals surface area contributed by atoms with E-state index in [2.05, 4.69) is 14.7 Å². The molecule has 1 saturated heterocycles. The van der Waals surface area contributed by atoms with Crippen molar-refractivity contribution in [1.82, 2.24) is 14.9 Å². The third-order valence-electron chi connectivity index (χ3n) is 3.34. The number of aromatic nitrogens is 2. The molecule has 1 aromatic rings. The van der Waals surface area contributed by atoms with Gasteiger partial charge < -0.3 is 19.3 Å². The number of methoxy groups -OCH3 is 1. The Morgan fingerprint density at radius 3 is 2.33 bits per heavy atom. The summed E-state index contributed by atoms with van der Waals surface area (Å²) >= 11 is 5.88. The number of nitrogens with zero attached hydrogens (tertiary/aromatic N) is 4. The first-order valence-corrected chi connectivity index (χ1v) is 7.93. The first-order chi connectivity index (χ1) is 11.2. The summed E-state index contributed by atoms with van der Waals surface area (Å²) < 4.78 is 10.0. The normalized spacial score (nSPS) is 15.2. The second-order valence-electron chi connectivity index (χ2n) is 6.33. The van der Waals surface area contributed by atoms with E-state index in [1.807, 2.05) is 25.7 Å². The van der Waals surface area contributed by atoms with Crippen LogP contribution in [0.2, 0.25) is 5.28 Å². The number of halogens is 1. The van der Waals surface area contributed by atoms with Gasteiger partial charge in [0.25, 0.3) is 0 Å². The van der Waals surface area contributed by atoms with Gasteiger partial charge in [0, 0.05) is 32.2 Å². The highest BCUT2D eigenvalue weighted by molar-refractivity contribution is 6.28. The molecule has 1 aromatic heterocycles. The summed E-state index contributed by atoms with van der Waals surface area (Å²) in [5.41, 5.74) is -0.425. The molecule has 1 aliphatic heterocycles. The fourth-order valence-corrected chi connectivity index (χ4v) is 2.40. The zero-order valence-electron chi connectivity index (χ0n) is 14.2. The van der Waals surface area contributed by atoms with E-state index in [1.54, 1.807) is 4.90 Å². The highest BCUT2D eigenvalue weighted by Gasteiger charge is 2.27. The predicted molar refractivity (Wildman–Crippen MR) is 88.4 cm³/mol. The number of carbonyl (C=O) groups excluding carboxylic acids is 2. The number of carbonyl (C=O) groups is 2. The minimum atomic E-state index is -0.576. The number of esters is 1. The number of ether oxygens (including phenoxy) is 2. The van der Waals surface area contributed by atoms with E-state index in [0.717, 1.165) is 0 Å². The highest BCUT2D eigenvalue weighted by Crippen LogP contribution is 2.19. The molecular formula is C15H21ClN4O4. The van der Waals surface area contributed by atoms with Gasteiger partial charge >= 0.3 is 12.1 Å². The summed E-state index contributed by atoms with van der Waals surface area (Å²) in [5, 5.41) is -0.0255. The first-order valence-electron chi connectivity index (χ1n) is 7.55. The molecule has 0 N–H and O–H groups in total. The molecule has 0 saturated carbocycles. The molecule has 2 heterocycles. The van der Waals surface area contributed by atoms with Gasteiger partial charge in [-0.15, -0.1) is 0 Å². The van der Waals surface area contributed by atoms with Crippen molar-refractivity contribution in [3.05, 3.63) is 17.0 Å². The molecule has 0 unspecified atom stereocenters. The van der Waals surface area contributed by atoms with E-state index in [1.165, 1.54) is 13.2 Å². The summed E-state index contributed by atoms with van der Waals surface area (Å²) in [5.74, 6) is -0.0489. The molecule has 0 atom stereocenters. The maximum absolute atomic E-state index is 12.1. The number of hydrogen-bond acceptors (Lipinski definition) is 7. The topological polar surface area (TPSA) is 84.9 Å². The maximum Gasteiger partial charge on any atom is 0.410 e. The van der Waals surface area contributed by atoms with E-state index in [9.17, 15) is 9.59 Å². The van der Waals surface area contributed by atoms with Crippen LogP contribution in [0, 0.1) is 0 Å². The van der Waals surface area contributed by atoms with Crippen LogP contribution in [-0.4, -0.2) is 65.8 Å². The molecular weight excluding hydrogens is 336 g/mol. The molecule has 0 radical (unpaired) electrons. The molecule has 1 aliphatic rings. The summed E-state index contributed by atoms with van der Waals surface area (Å²) in [4.78, 5) is 35.3. The first kappa shape index (κ1) is 18.3. The van der Waals surface area contributed by atoms with Crippen LogP contribution >= 0.6 is 11.6 Å². The quantitative estimate of drug-likeness (QED) is 0.591. The molecule has 8 nitrogen and oxygen atoms in total. The van der Waals surface area contributed by atoms with E-state index in [-0.39, 0.29) is 17.1 Å². The highest BCUT2D eigenvalue weighted by atomic mass is 35.5. The van der Waals surface area contributed by atoms with Crippen molar-refractivity contribution in [2.24, 2.45) is 0 Å². The minimum absolute atomic E-state index is 0.0255. The second kappa shape index (κ2) is 7.21. The third kappa shape index (κ3) is 4.70. The minimum Gasteiger partial charge on any atom is -0.464 e. The van der Waals surface area contributed by atoms with E-state index < -0.39 is 11.6 Å². The zero-order chi connectivity index (χ0) is 17.9. The molecule has 0 aliphatic carbocycles. The Morgan fingerprint density at radius 1 is 1.17 bits per heavy atom. The van der Waals surface area contributed by atoms with Gasteiger partial charge in [-0.3, -0.25) is 0 Å². The molecule has 0 bridgehead atoms. The van der Waals surface area contributed by atoms with Gasteiger partial charge in [-0.2, -0.15) is 0 Å². The van der Waals surface area contributed by atoms with Gasteiger partial charge in [0.05, 0.1) is 7.11 Å². The van der Waals surface area contributed by atoms with Crippen molar-refractivity contribution in [3.63, 3.8) is 0 Å². The molecule has 1 fully saturated rings. The van der Waals surface area contributed by atoms with E-state index in [0.29, 0.717) is 32.0 Å². The predicted octanol–water partition coefficient (Wildman–Crippen LogP) is 1.97. The number of amides is 1. The Balaban J connectivity index is 2.03. The fraction of sp³-hybridized carbons (Fsp3) is 0.600. The van der Waals surface area contributed by atoms with Gasteiger partial charge in [0.1, 0.15) is 11.4 Å². The molecule has 0 spiro atoms. The van der Waals surface area contributed by atoms with Gasteiger partial charge in [-0.05, 0) is 32.4 Å². The SMILES string of the molecule is COC(=O)c1cc(N2CCN(C(=O)OC(C)(C)C)CC2)nc(Cl)n1. The zero-order valence-corrected chi connectivity index (χ0v) is 15.0. The van der Waals surface area contributed by atoms with Crippen molar-refractivity contribution in [1.29, 1.82) is 0 Å². The Hall–Kier alpha value is -2.09. The average Bonchev–Trinajstić information content (AvgIpc) is 2.52. The third-order valence-corrected chi connectivity index (χ3v) is 3.50. The Kier molecular flexibility index (Phi) is 5.48. The lowest BCUT2D eigenvalue weighted by Crippen LogP contribution is -2.50. The molecule has 132 valence electrons. The van der Waals surface area contributed by atoms with Crippen molar-refractivity contribution >= 4 is 29.5 Å². The van der Waals surface area contributed by atoms with Gasteiger partial charge in [-0.25, -0.2) is 19.6 Å². The summed E-state index contributed by atoms with van der Waals surface area (Å²) in [7, 11) is 1.28. The van der Waals surface area contributed by atoms with Gasteiger partial charge in [0.15, 0.2) is 5.69 Å². The van der Waals surface area contributed by atoms with Crippen LogP contribution in [0.1, 0.15) is 31.3 Å². The lowest BCUT2D eigenvalue weighted by Gasteiger charge is -2.36. The van der Waals surface area contributed by atoms with Crippen LogP contribution in [0.3, 0.4) is 0 Å². The summed E-state index contributed by atoms with van der Waals surface area (Å²) in [6.07, 6.45) is -0.335. The number of hydrogen-bond donors (Lipinski definition) is 0. The van der Waals surface area contributed by atoms with Crippen molar-refractivity contribution in [3.8, 4) is 0 Å². The molecule has 9 heteroatoms. The molecule has 24 heavy (non-hydrogen) atoms. The van der Waals surface area contributed by atoms with Crippen LogP contribution in [-0.2, 0) is 9.47 Å². The summed E-state index contributed by atoms with van der Waals surface area (Å²) in [6.45, 7) is 7.57. The van der Waals surface area contributed by atoms with E-state index >= 15 is 0 Å². The fourth-order valence-electron chi connectivity index (χ4n) is 2.22. The lowest BCUT2D eigenvalue weighted by molar-refractivity contribution is 0.0240. The van der Waals surface area contributed by atoms with Gasteiger partial charge in [0.2, 0.25) is 5.28 Å². The van der Waals surface area contributed by atoms with Gasteiger partial charge in [-0.1, -0.05) is 0 Å². The van der Waals surface area contributed by atoms with Crippen LogP contribution in [0.25, 0.3) is 0 Å². The van der Waals surface area contributed by atoms with Crippen LogP contribution in [0.5, 0.6) is 0 Å². The van der Waals surface area contributed by atoms with Crippen molar-refractivity contribution < 1.29 is 19.1 Å². The molecule has 0 aromatic carbocycles. The Bertz CT molecular complexity index is 624. The number of anilines is 1. The van der Waals surface area contributed by atoms with Crippen molar-refractivity contribution in [2.75, 3.05) is 38.2 Å². The molecule has 1 amide bonds. The number of piperazine rings is 1. The average molecular weight is 357 g/mol. The summed E-state index contributed by atoms with van der Waals surface area (Å²) in [6, 6.07) is 1.53. The second-order valence-corrected chi connectivity index (χ2v) is 6.66. The maximum atomic E-state index is 12.1. The van der Waals surface area contributed by atoms with E-state index in [4.69, 9.17) is 16.3 Å².